The second kappa shape index (κ2) is 14.4. The van der Waals surface area contributed by atoms with Gasteiger partial charge in [-0.1, -0.05) is 69.9 Å². The fraction of sp³-hybridized carbons (Fsp3) is 0.690. The number of rotatable bonds is 9. The molecule has 6 nitrogen and oxygen atoms in total. The first-order chi connectivity index (χ1) is 25.4. The van der Waals surface area contributed by atoms with Crippen molar-refractivity contribution >= 4 is 16.1 Å². The Hall–Kier alpha value is -2.66. The van der Waals surface area contributed by atoms with Crippen LogP contribution in [-0.4, -0.2) is 31.1 Å². The summed E-state index contributed by atoms with van der Waals surface area (Å²) in [4.78, 5) is 12.9. The van der Waals surface area contributed by atoms with Gasteiger partial charge in [0.25, 0.3) is 0 Å². The molecule has 0 aromatic heterocycles. The molecule has 9 rings (SSSR count). The molecule has 1 N–H and O–H groups in total. The first-order valence-corrected chi connectivity index (χ1v) is 21.7. The van der Waals surface area contributed by atoms with E-state index in [1.54, 1.807) is 0 Å². The van der Waals surface area contributed by atoms with Crippen molar-refractivity contribution in [3.05, 3.63) is 57.7 Å². The highest BCUT2D eigenvalue weighted by Gasteiger charge is 2.60. The molecule has 2 unspecified atom stereocenters. The van der Waals surface area contributed by atoms with Crippen molar-refractivity contribution in [2.24, 2.45) is 17.3 Å². The Bertz CT molecular complexity index is 1760. The van der Waals surface area contributed by atoms with Crippen LogP contribution in [-0.2, 0) is 14.9 Å². The molecule has 7 fully saturated rings. The van der Waals surface area contributed by atoms with Gasteiger partial charge < -0.3 is 9.47 Å². The molecule has 53 heavy (non-hydrogen) atoms. The minimum Gasteiger partial charge on any atom is -0.487 e. The molecule has 0 spiro atoms. The van der Waals surface area contributed by atoms with E-state index < -0.39 is 55.0 Å². The summed E-state index contributed by atoms with van der Waals surface area (Å²) >= 11 is 0. The van der Waals surface area contributed by atoms with E-state index in [0.29, 0.717) is 49.9 Å². The maximum Gasteiger partial charge on any atom is 0.339 e. The Morgan fingerprint density at radius 1 is 0.698 bits per heavy atom. The molecule has 0 saturated heterocycles. The van der Waals surface area contributed by atoms with Crippen LogP contribution in [0.1, 0.15) is 180 Å². The summed E-state index contributed by atoms with van der Waals surface area (Å²) in [5.74, 6) is -8.65. The number of benzene rings is 2. The van der Waals surface area contributed by atoms with Crippen molar-refractivity contribution in [1.82, 2.24) is 0 Å². The minimum absolute atomic E-state index is 0.182. The van der Waals surface area contributed by atoms with Crippen LogP contribution in [0.25, 0.3) is 0 Å². The maximum absolute atomic E-state index is 15.0. The summed E-state index contributed by atoms with van der Waals surface area (Å²) < 4.78 is 104. The molecule has 0 amide bonds. The topological polar surface area (TPSA) is 89.9 Å². The molecule has 2 aromatic carbocycles. The van der Waals surface area contributed by atoms with Crippen molar-refractivity contribution in [1.29, 1.82) is 0 Å². The van der Waals surface area contributed by atoms with Gasteiger partial charge in [-0.3, -0.25) is 4.55 Å². The Morgan fingerprint density at radius 3 is 1.64 bits per heavy atom. The van der Waals surface area contributed by atoms with Gasteiger partial charge in [-0.25, -0.2) is 13.6 Å². The fourth-order valence-electron chi connectivity index (χ4n) is 12.2. The second-order valence-corrected chi connectivity index (χ2v) is 19.1. The van der Waals surface area contributed by atoms with Crippen LogP contribution in [0.4, 0.5) is 17.6 Å². The van der Waals surface area contributed by atoms with Crippen molar-refractivity contribution in [2.75, 3.05) is 6.61 Å². The van der Waals surface area contributed by atoms with Gasteiger partial charge in [0.15, 0.2) is 22.3 Å². The zero-order valence-corrected chi connectivity index (χ0v) is 31.3. The van der Waals surface area contributed by atoms with E-state index >= 15 is 8.78 Å². The zero-order valence-electron chi connectivity index (χ0n) is 30.5. The van der Waals surface area contributed by atoms with E-state index in [1.165, 1.54) is 61.6 Å². The lowest BCUT2D eigenvalue weighted by Crippen LogP contribution is -2.59. The van der Waals surface area contributed by atoms with Crippen LogP contribution in [0.5, 0.6) is 5.75 Å². The third-order valence-electron chi connectivity index (χ3n) is 14.0. The van der Waals surface area contributed by atoms with Gasteiger partial charge in [0, 0.05) is 5.41 Å². The van der Waals surface area contributed by atoms with Crippen molar-refractivity contribution in [3.8, 4) is 5.75 Å². The molecule has 0 heterocycles. The molecule has 0 aliphatic heterocycles. The molecule has 2 atom stereocenters. The van der Waals surface area contributed by atoms with Crippen LogP contribution in [0.3, 0.4) is 0 Å². The molecule has 290 valence electrons. The summed E-state index contributed by atoms with van der Waals surface area (Å²) in [7, 11) is -5.58. The molecular weight excluding hydrogens is 709 g/mol. The van der Waals surface area contributed by atoms with E-state index in [1.807, 2.05) is 0 Å². The van der Waals surface area contributed by atoms with Gasteiger partial charge in [0.1, 0.15) is 5.60 Å². The van der Waals surface area contributed by atoms with Gasteiger partial charge in [0.05, 0.1) is 12.2 Å². The average molecular weight is 761 g/mol. The molecule has 11 heteroatoms. The molecule has 0 radical (unpaired) electrons. The maximum atomic E-state index is 15.0. The van der Waals surface area contributed by atoms with Gasteiger partial charge in [-0.2, -0.15) is 17.2 Å². The number of carbonyl (C=O) groups excluding carboxylic acids is 1. The van der Waals surface area contributed by atoms with Crippen molar-refractivity contribution in [2.45, 2.75) is 163 Å². The predicted molar refractivity (Wildman–Crippen MR) is 191 cm³/mol. The van der Waals surface area contributed by atoms with E-state index in [9.17, 15) is 26.5 Å². The van der Waals surface area contributed by atoms with E-state index in [2.05, 4.69) is 12.1 Å². The zero-order chi connectivity index (χ0) is 37.1. The second-order valence-electron chi connectivity index (χ2n) is 17.8. The van der Waals surface area contributed by atoms with Crippen LogP contribution in [0.2, 0.25) is 0 Å². The predicted octanol–water partition coefficient (Wildman–Crippen LogP) is 11.2. The van der Waals surface area contributed by atoms with Gasteiger partial charge in [0.2, 0.25) is 11.6 Å². The smallest absolute Gasteiger partial charge is 0.339 e. The van der Waals surface area contributed by atoms with Crippen LogP contribution < -0.4 is 4.74 Å². The first-order valence-electron chi connectivity index (χ1n) is 20.2. The normalized spacial score (nSPS) is 29.8. The molecule has 4 bridgehead atoms. The molecule has 7 saturated carbocycles. The highest BCUT2D eigenvalue weighted by molar-refractivity contribution is 7.85. The number of hydrogen-bond acceptors (Lipinski definition) is 5. The van der Waals surface area contributed by atoms with Crippen LogP contribution in [0.15, 0.2) is 17.0 Å². The number of hydrogen-bond donors (Lipinski definition) is 1. The number of carbonyl (C=O) groups is 1. The quantitative estimate of drug-likeness (QED) is 0.118. The lowest BCUT2D eigenvalue weighted by molar-refractivity contribution is -0.175. The molecule has 7 aliphatic rings. The third-order valence-corrected chi connectivity index (χ3v) is 14.9. The van der Waals surface area contributed by atoms with E-state index in [-0.39, 0.29) is 24.4 Å². The largest absolute Gasteiger partial charge is 0.487 e. The Labute approximate surface area is 310 Å². The summed E-state index contributed by atoms with van der Waals surface area (Å²) in [5, 5.41) is 0. The monoisotopic (exact) mass is 760 g/mol. The Morgan fingerprint density at radius 2 is 1.17 bits per heavy atom. The molecule has 7 aliphatic carbocycles. The summed E-state index contributed by atoms with van der Waals surface area (Å²) in [6, 6.07) is 4.75. The van der Waals surface area contributed by atoms with Gasteiger partial charge >= 0.3 is 16.1 Å². The lowest BCUT2D eigenvalue weighted by Gasteiger charge is -2.61. The van der Waals surface area contributed by atoms with Crippen LogP contribution in [0, 0.1) is 40.5 Å². The van der Waals surface area contributed by atoms with Gasteiger partial charge in [-0.15, -0.1) is 0 Å². The summed E-state index contributed by atoms with van der Waals surface area (Å²) in [6.45, 7) is -0.284. The number of esters is 1. The third kappa shape index (κ3) is 7.15. The van der Waals surface area contributed by atoms with E-state index in [4.69, 9.17) is 9.47 Å². The highest BCUT2D eigenvalue weighted by Crippen LogP contribution is 2.63. The minimum atomic E-state index is -5.58. The number of halogens is 4. The molecular formula is C42H52F4O6S. The Kier molecular flexibility index (Phi) is 10.2. The summed E-state index contributed by atoms with van der Waals surface area (Å²) in [6.07, 6.45) is 21.4. The highest BCUT2D eigenvalue weighted by atomic mass is 32.2. The SMILES string of the molecule is O=C(OC12CC3CC(CC(COc4c(F)c(F)c(S(=O)(=O)O)c(F)c4F)(C3)C1)C2)c1c(C2CCCCC2)cc(C2CCCCC2)cc1C1CCCCC1. The Balaban J connectivity index is 1.12. The van der Waals surface area contributed by atoms with Crippen LogP contribution >= 0.6 is 0 Å². The summed E-state index contributed by atoms with van der Waals surface area (Å²) in [5.41, 5.74) is 3.04. The van der Waals surface area contributed by atoms with E-state index in [0.717, 1.165) is 63.4 Å². The lowest BCUT2D eigenvalue weighted by atomic mass is 9.48. The molecule has 2 aromatic rings. The van der Waals surface area contributed by atoms with Crippen molar-refractivity contribution < 1.29 is 44.8 Å². The first kappa shape index (κ1) is 37.3. The number of ether oxygens (including phenoxy) is 2. The fourth-order valence-corrected chi connectivity index (χ4v) is 12.8. The average Bonchev–Trinajstić information content (AvgIpc) is 3.13. The van der Waals surface area contributed by atoms with Gasteiger partial charge in [-0.05, 0) is 123 Å². The standard InChI is InChI=1S/C42H52F4O6S/c43-34-36(45)39(53(48,49)50)37(46)35(44)38(34)51-24-41-19-25-16-26(20-41)22-42(21-25,23-41)52-40(47)33-31(28-12-6-2-7-13-28)17-30(27-10-4-1-5-11-27)18-32(33)29-14-8-3-9-15-29/h17-18,25-29H,1-16,19-24H2,(H,48,49,50). The van der Waals surface area contributed by atoms with Crippen molar-refractivity contribution in [3.63, 3.8) is 0 Å².